The van der Waals surface area contributed by atoms with E-state index in [0.717, 1.165) is 0 Å². The van der Waals surface area contributed by atoms with Crippen LogP contribution in [-0.2, 0) is 28.8 Å². The topological polar surface area (TPSA) is 102 Å². The lowest BCUT2D eigenvalue weighted by molar-refractivity contribution is -0.119. The van der Waals surface area contributed by atoms with Gasteiger partial charge in [0, 0.05) is 0 Å². The maximum absolute atomic E-state index is 10.3. The van der Waals surface area contributed by atoms with E-state index in [1.807, 2.05) is 0 Å². The fraction of sp³-hybridized carbons (Fsp3) is 0.333. The van der Waals surface area contributed by atoms with Crippen LogP contribution >= 0.6 is 0 Å². The first kappa shape index (κ1) is 26.2. The summed E-state index contributed by atoms with van der Waals surface area (Å²) in [6.07, 6.45) is 5.01. The molecule has 0 unspecified atom stereocenters. The van der Waals surface area contributed by atoms with Crippen LogP contribution in [0.1, 0.15) is 41.5 Å². The molecule has 0 aliphatic heterocycles. The second-order valence-electron chi connectivity index (χ2n) is 4.70. The molecule has 0 bridgehead atoms. The summed E-state index contributed by atoms with van der Waals surface area (Å²) >= 11 is 0. The van der Waals surface area contributed by atoms with Crippen molar-refractivity contribution < 1.29 is 28.8 Å². The lowest BCUT2D eigenvalue weighted by atomic mass is 10.1. The molecule has 0 aliphatic carbocycles. The van der Waals surface area contributed by atoms with E-state index in [-0.39, 0.29) is 40.3 Å². The summed E-state index contributed by atoms with van der Waals surface area (Å²) in [5.74, 6) is -0.893. The molecule has 0 amide bonds. The molecule has 6 nitrogen and oxygen atoms in total. The molecule has 0 saturated heterocycles. The number of allylic oxidation sites excluding steroid dienone is 5. The Bertz CT molecular complexity index is 494. The SMILES string of the molecule is C=C(C(C)=O)C(C)=O.CC(=O)/C=C/C(C)=O.CC(=O)/C=C\C(C)=O. The third-order valence-electron chi connectivity index (χ3n) is 1.96. The Labute approximate surface area is 142 Å². The van der Waals surface area contributed by atoms with E-state index in [0.29, 0.717) is 0 Å². The first-order valence-electron chi connectivity index (χ1n) is 6.90. The predicted molar refractivity (Wildman–Crippen MR) is 91.5 cm³/mol. The minimum atomic E-state index is -0.252. The van der Waals surface area contributed by atoms with Crippen molar-refractivity contribution in [2.45, 2.75) is 41.5 Å². The molecule has 0 aromatic rings. The minimum absolute atomic E-state index is 0.0741. The summed E-state index contributed by atoms with van der Waals surface area (Å²) in [5, 5.41) is 0. The second-order valence-corrected chi connectivity index (χ2v) is 4.70. The van der Waals surface area contributed by atoms with Crippen LogP contribution in [0.15, 0.2) is 36.5 Å². The molecule has 0 saturated carbocycles. The molecule has 0 heterocycles. The average molecular weight is 336 g/mol. The Morgan fingerprint density at radius 3 is 0.708 bits per heavy atom. The summed E-state index contributed by atoms with van der Waals surface area (Å²) < 4.78 is 0. The third-order valence-corrected chi connectivity index (χ3v) is 1.96. The normalized spacial score (nSPS) is 9.25. The van der Waals surface area contributed by atoms with Gasteiger partial charge in [-0.25, -0.2) is 0 Å². The van der Waals surface area contributed by atoms with Crippen molar-refractivity contribution in [2.24, 2.45) is 0 Å². The van der Waals surface area contributed by atoms with Gasteiger partial charge in [0.1, 0.15) is 0 Å². The van der Waals surface area contributed by atoms with Crippen molar-refractivity contribution in [1.82, 2.24) is 0 Å². The molecule has 0 fully saturated rings. The monoisotopic (exact) mass is 336 g/mol. The molecule has 0 spiro atoms. The first-order valence-corrected chi connectivity index (χ1v) is 6.90. The van der Waals surface area contributed by atoms with Crippen molar-refractivity contribution >= 4 is 34.7 Å². The number of carbonyl (C=O) groups excluding carboxylic acids is 6. The fourth-order valence-electron chi connectivity index (χ4n) is 0.717. The van der Waals surface area contributed by atoms with Gasteiger partial charge in [0.25, 0.3) is 0 Å². The number of hydrogen-bond acceptors (Lipinski definition) is 6. The quantitative estimate of drug-likeness (QED) is 0.418. The van der Waals surface area contributed by atoms with Crippen LogP contribution in [0.2, 0.25) is 0 Å². The van der Waals surface area contributed by atoms with Gasteiger partial charge in [0.2, 0.25) is 0 Å². The van der Waals surface area contributed by atoms with Crippen LogP contribution in [0.4, 0.5) is 0 Å². The van der Waals surface area contributed by atoms with Crippen LogP contribution in [0.3, 0.4) is 0 Å². The molecular weight excluding hydrogens is 312 g/mol. The van der Waals surface area contributed by atoms with Gasteiger partial charge in [-0.2, -0.15) is 0 Å². The van der Waals surface area contributed by atoms with Crippen molar-refractivity contribution in [3.05, 3.63) is 36.5 Å². The lowest BCUT2D eigenvalue weighted by Gasteiger charge is -1.88. The molecule has 6 heteroatoms. The van der Waals surface area contributed by atoms with Crippen molar-refractivity contribution in [2.75, 3.05) is 0 Å². The smallest absolute Gasteiger partial charge is 0.162 e. The molecule has 0 aromatic carbocycles. The third kappa shape index (κ3) is 27.6. The summed E-state index contributed by atoms with van der Waals surface area (Å²) in [5.41, 5.74) is 0.0741. The van der Waals surface area contributed by atoms with Gasteiger partial charge in [-0.05, 0) is 65.8 Å². The largest absolute Gasteiger partial charge is 0.295 e. The van der Waals surface area contributed by atoms with Gasteiger partial charge in [0.05, 0.1) is 5.57 Å². The molecule has 0 radical (unpaired) electrons. The van der Waals surface area contributed by atoms with Gasteiger partial charge in [-0.1, -0.05) is 6.58 Å². The van der Waals surface area contributed by atoms with Crippen molar-refractivity contribution in [3.8, 4) is 0 Å². The highest BCUT2D eigenvalue weighted by Gasteiger charge is 2.03. The van der Waals surface area contributed by atoms with Crippen LogP contribution in [0.25, 0.3) is 0 Å². The van der Waals surface area contributed by atoms with E-state index in [2.05, 4.69) is 6.58 Å². The van der Waals surface area contributed by atoms with E-state index >= 15 is 0 Å². The molecule has 0 rings (SSSR count). The highest BCUT2D eigenvalue weighted by Crippen LogP contribution is 1.91. The maximum Gasteiger partial charge on any atom is 0.162 e. The maximum atomic E-state index is 10.3. The van der Waals surface area contributed by atoms with Crippen molar-refractivity contribution in [3.63, 3.8) is 0 Å². The number of hydrogen-bond donors (Lipinski definition) is 0. The standard InChI is InChI=1S/3C6H8O2/c2*1-5(7)3-4-6(2)8;1-4(5(2)7)6(3)8/h2*3-4H,1-2H3;1H2,2-3H3/b4-3+;4-3-;. The number of rotatable bonds is 6. The molecular formula is C18H24O6. The van der Waals surface area contributed by atoms with E-state index in [9.17, 15) is 28.8 Å². The van der Waals surface area contributed by atoms with Gasteiger partial charge in [-0.3, -0.25) is 28.8 Å². The molecule has 24 heavy (non-hydrogen) atoms. The van der Waals surface area contributed by atoms with Crippen LogP contribution in [-0.4, -0.2) is 34.7 Å². The van der Waals surface area contributed by atoms with Crippen LogP contribution < -0.4 is 0 Å². The van der Waals surface area contributed by atoms with E-state index < -0.39 is 0 Å². The van der Waals surface area contributed by atoms with E-state index in [1.54, 1.807) is 0 Å². The zero-order valence-corrected chi connectivity index (χ0v) is 15.0. The van der Waals surface area contributed by atoms with Gasteiger partial charge in [-0.15, -0.1) is 0 Å². The van der Waals surface area contributed by atoms with Crippen molar-refractivity contribution in [1.29, 1.82) is 0 Å². The number of ketones is 6. The minimum Gasteiger partial charge on any atom is -0.295 e. The highest BCUT2D eigenvalue weighted by atomic mass is 16.2. The Balaban J connectivity index is -0.000000276. The first-order chi connectivity index (χ1) is 10.8. The van der Waals surface area contributed by atoms with E-state index in [1.165, 1.54) is 65.8 Å². The average Bonchev–Trinajstić information content (AvgIpc) is 2.43. The van der Waals surface area contributed by atoms with Crippen LogP contribution in [0.5, 0.6) is 0 Å². The fourth-order valence-corrected chi connectivity index (χ4v) is 0.717. The molecule has 0 atom stereocenters. The predicted octanol–water partition coefficient (Wildman–Crippen LogP) is 2.16. The summed E-state index contributed by atoms with van der Waals surface area (Å²) in [7, 11) is 0. The molecule has 0 N–H and O–H groups in total. The zero-order chi connectivity index (χ0) is 19.9. The summed E-state index contributed by atoms with van der Waals surface area (Å²) in [6, 6.07) is 0. The molecule has 0 aromatic heterocycles. The van der Waals surface area contributed by atoms with Crippen LogP contribution in [0, 0.1) is 0 Å². The molecule has 132 valence electrons. The number of Topliss-reactive ketones (excluding diaryl/α,β-unsaturated/α-hetero) is 2. The second kappa shape index (κ2) is 15.1. The highest BCUT2D eigenvalue weighted by molar-refractivity contribution is 6.17. The summed E-state index contributed by atoms with van der Waals surface area (Å²) in [6.45, 7) is 11.5. The van der Waals surface area contributed by atoms with Gasteiger partial charge < -0.3 is 0 Å². The molecule has 0 aliphatic rings. The Kier molecular flexibility index (Phi) is 16.5. The summed E-state index contributed by atoms with van der Waals surface area (Å²) in [4.78, 5) is 61.0. The zero-order valence-electron chi connectivity index (χ0n) is 15.0. The Morgan fingerprint density at radius 2 is 0.667 bits per heavy atom. The van der Waals surface area contributed by atoms with Gasteiger partial charge in [0.15, 0.2) is 34.7 Å². The Hall–Kier alpha value is -2.76. The number of carbonyl (C=O) groups is 6. The van der Waals surface area contributed by atoms with Gasteiger partial charge >= 0.3 is 0 Å². The lowest BCUT2D eigenvalue weighted by Crippen LogP contribution is -2.03. The van der Waals surface area contributed by atoms with E-state index in [4.69, 9.17) is 0 Å². The Morgan fingerprint density at radius 1 is 0.500 bits per heavy atom.